The molecule has 0 aliphatic carbocycles. The molecule has 0 bridgehead atoms. The third kappa shape index (κ3) is 25.9. The molecule has 5 aromatic heterocycles. The molecule has 0 radical (unpaired) electrons. The Labute approximate surface area is 595 Å². The number of methoxy groups -OCH3 is 6. The molecule has 0 saturated heterocycles. The van der Waals surface area contributed by atoms with Crippen LogP contribution >= 0.6 is 57.5 Å². The Bertz CT molecular complexity index is 3360. The van der Waals surface area contributed by atoms with Crippen molar-refractivity contribution in [2.75, 3.05) is 62.5 Å². The number of aryl methyl sites for hydroxylation is 2. The number of halogens is 3. The van der Waals surface area contributed by atoms with E-state index in [2.05, 4.69) is 59.1 Å². The third-order valence-corrected chi connectivity index (χ3v) is 14.9. The smallest absolute Gasteiger partial charge is 0.591 e. The van der Waals surface area contributed by atoms with Crippen molar-refractivity contribution >= 4 is 80.5 Å². The second kappa shape index (κ2) is 46.9. The molecule has 0 fully saturated rings. The van der Waals surface area contributed by atoms with Gasteiger partial charge in [0.25, 0.3) is 0 Å². The summed E-state index contributed by atoms with van der Waals surface area (Å²) in [6.07, 6.45) is 9.37. The maximum absolute atomic E-state index is 9.00. The quantitative estimate of drug-likeness (QED) is 0.0396. The van der Waals surface area contributed by atoms with E-state index in [1.54, 1.807) is 120 Å². The summed E-state index contributed by atoms with van der Waals surface area (Å²) >= 11 is 21.3. The number of ether oxygens (including phenoxy) is 9. The van der Waals surface area contributed by atoms with Gasteiger partial charge >= 0.3 is 23.1 Å². The second-order valence-corrected chi connectivity index (χ2v) is 21.4. The Hall–Kier alpha value is -7.13. The van der Waals surface area contributed by atoms with Crippen LogP contribution in [-0.4, -0.2) is 106 Å². The summed E-state index contributed by atoms with van der Waals surface area (Å²) in [5.74, 6) is 5.36. The number of benzene rings is 5. The molecule has 1 unspecified atom stereocenters. The van der Waals surface area contributed by atoms with Crippen molar-refractivity contribution in [2.45, 2.75) is 96.5 Å². The van der Waals surface area contributed by atoms with E-state index in [1.165, 1.54) is 6.42 Å². The summed E-state index contributed by atoms with van der Waals surface area (Å²) in [5.41, 5.74) is 6.47. The van der Waals surface area contributed by atoms with Crippen LogP contribution in [-0.2, 0) is 14.2 Å². The molecule has 0 aliphatic heterocycles. The van der Waals surface area contributed by atoms with Gasteiger partial charge in [0.05, 0.1) is 48.7 Å². The molecular weight excluding hydrogens is 1310 g/mol. The van der Waals surface area contributed by atoms with Crippen molar-refractivity contribution in [1.29, 1.82) is 5.26 Å². The van der Waals surface area contributed by atoms with Crippen molar-refractivity contribution in [3.8, 4) is 95.7 Å². The molecule has 5 heterocycles. The monoisotopic (exact) mass is 1390 g/mol. The van der Waals surface area contributed by atoms with E-state index in [0.717, 1.165) is 65.4 Å². The van der Waals surface area contributed by atoms with Crippen LogP contribution in [0.25, 0.3) is 55.1 Å². The summed E-state index contributed by atoms with van der Waals surface area (Å²) < 4.78 is 63.0. The fraction of sp³-hybridized carbons (Fsp3) is 0.324. The zero-order valence-corrected chi connectivity index (χ0v) is 57.6. The fourth-order valence-electron chi connectivity index (χ4n) is 7.55. The molecule has 23 heteroatoms. The second-order valence-electron chi connectivity index (χ2n) is 17.9. The Morgan fingerprint density at radius 2 is 0.755 bits per heavy atom. The zero-order valence-electron chi connectivity index (χ0n) is 52.2. The van der Waals surface area contributed by atoms with E-state index in [-0.39, 0.29) is 59.0 Å². The summed E-state index contributed by atoms with van der Waals surface area (Å²) in [6, 6.07) is 39.2. The zero-order chi connectivity index (χ0) is 64.7. The van der Waals surface area contributed by atoms with E-state index >= 15 is 0 Å². The van der Waals surface area contributed by atoms with Gasteiger partial charge in [0.2, 0.25) is 0 Å². The number of nitrogens with zero attached hydrogens (tertiary/aromatic N) is 5. The largest absolute Gasteiger partial charge is 2.00 e. The first-order valence-corrected chi connectivity index (χ1v) is 30.4. The molecule has 0 saturated carbocycles. The van der Waals surface area contributed by atoms with Crippen LogP contribution in [0.2, 0.25) is 15.1 Å². The van der Waals surface area contributed by atoms with Gasteiger partial charge in [-0.15, -0.1) is 38.6 Å². The van der Waals surface area contributed by atoms with Crippen LogP contribution in [0, 0.1) is 50.9 Å². The minimum Gasteiger partial charge on any atom is -0.591 e. The van der Waals surface area contributed by atoms with Crippen LogP contribution in [0.1, 0.15) is 104 Å². The minimum atomic E-state index is -0.500. The number of hydrogen-bond acceptors (Lipinski definition) is 19. The van der Waals surface area contributed by atoms with Gasteiger partial charge in [-0.25, -0.2) is 0 Å². The molecule has 5 aromatic carbocycles. The molecular formula is C71H86Cl3MgN5O12S2-2. The minimum absolute atomic E-state index is 0. The molecule has 1 atom stereocenters. The normalized spacial score (nSPS) is 10.1. The van der Waals surface area contributed by atoms with E-state index < -0.39 is 6.10 Å². The molecule has 94 heavy (non-hydrogen) atoms. The SMILES string of the molecule is C.C.C.C.CCOC(C#N)c1ccc(-c2nnc(C)s2)cc1.CCOC(OCC)c1ccc(-c2nnc(C)s2)cc1.COc1cc(-c2cc[c-]o2)cc(OC)c1Cl.COc1cc(-c2cc[c-]o2)cc(OC)c1Cl.COc1cc(-c2cc[c-]o2)cc(OC)c1Cl.[CH2-]CCC.[Mg+2]. The third-order valence-electron chi connectivity index (χ3n) is 12.0. The van der Waals surface area contributed by atoms with Crippen LogP contribution < -0.4 is 28.4 Å². The van der Waals surface area contributed by atoms with Gasteiger partial charge in [-0.3, -0.25) is 0 Å². The predicted molar refractivity (Wildman–Crippen MR) is 382 cm³/mol. The Morgan fingerprint density at radius 3 is 0.968 bits per heavy atom. The number of nitriles is 1. The van der Waals surface area contributed by atoms with E-state index in [1.807, 2.05) is 101 Å². The van der Waals surface area contributed by atoms with E-state index in [4.69, 9.17) is 95.9 Å². The first-order chi connectivity index (χ1) is 43.2. The molecule has 0 spiro atoms. The first-order valence-electron chi connectivity index (χ1n) is 27.7. The first kappa shape index (κ1) is 86.9. The number of furan rings is 3. The summed E-state index contributed by atoms with van der Waals surface area (Å²) in [5, 5.41) is 30.3. The number of hydrogen-bond donors (Lipinski definition) is 0. The van der Waals surface area contributed by atoms with Crippen LogP contribution in [0.3, 0.4) is 0 Å². The van der Waals surface area contributed by atoms with Gasteiger partial charge in [0, 0.05) is 36.5 Å². The Morgan fingerprint density at radius 1 is 0.468 bits per heavy atom. The maximum Gasteiger partial charge on any atom is 2.00 e. The molecule has 10 rings (SSSR count). The van der Waals surface area contributed by atoms with Crippen molar-refractivity contribution in [2.24, 2.45) is 0 Å². The van der Waals surface area contributed by atoms with Gasteiger partial charge in [-0.05, 0) is 129 Å². The summed E-state index contributed by atoms with van der Waals surface area (Å²) in [6.45, 7) is 17.2. The van der Waals surface area contributed by atoms with E-state index in [0.29, 0.717) is 86.7 Å². The van der Waals surface area contributed by atoms with Crippen molar-refractivity contribution in [3.05, 3.63) is 183 Å². The predicted octanol–water partition coefficient (Wildman–Crippen LogP) is 20.7. The number of rotatable bonds is 20. The van der Waals surface area contributed by atoms with Crippen molar-refractivity contribution < 1.29 is 55.9 Å². The number of aromatic nitrogens is 4. The topological polar surface area (TPSA) is 198 Å². The van der Waals surface area contributed by atoms with Crippen LogP contribution in [0.15, 0.2) is 135 Å². The molecule has 0 N–H and O–H groups in total. The van der Waals surface area contributed by atoms with Gasteiger partial charge < -0.3 is 62.8 Å². The molecule has 504 valence electrons. The van der Waals surface area contributed by atoms with Crippen molar-refractivity contribution in [3.63, 3.8) is 0 Å². The maximum atomic E-state index is 9.00. The van der Waals surface area contributed by atoms with Gasteiger partial charge in [0.1, 0.15) is 69.6 Å². The summed E-state index contributed by atoms with van der Waals surface area (Å²) in [7, 11) is 9.33. The number of unbranched alkanes of at least 4 members (excludes halogenated alkanes) is 1. The Balaban J connectivity index is 0.00000112. The average molecular weight is 1400 g/mol. The van der Waals surface area contributed by atoms with Crippen LogP contribution in [0.4, 0.5) is 0 Å². The standard InChI is InChI=1S/C14H18N2O2S.C13H13N3OS.3C12H10ClO3.C4H9.4CH4.Mg/c1-4-17-14(18-5-2)12-8-6-11(7-9-12)13-16-15-10(3)19-13;1-3-17-12(8-14)10-4-6-11(7-5-10)13-16-15-9(2)18-13;3*1-14-10-6-8(9-4-3-5-16-9)7-11(15-2)12(10)13;1-3-4-2;;;;;/h6-9,14H,4-5H2,1-3H3;4-7,12H,3H2,1-2H3;3*3-4,6-7H,1-2H3;1,3-4H2,2H3;4*1H4;/q;;4*-1;;;;;+2. The average Bonchev–Trinajstić information content (AvgIpc) is 1.63. The van der Waals surface area contributed by atoms with Gasteiger partial charge in [-0.1, -0.05) is 149 Å². The molecule has 0 amide bonds. The summed E-state index contributed by atoms with van der Waals surface area (Å²) in [4.78, 5) is 0. The molecule has 10 aromatic rings. The molecule has 0 aliphatic rings. The van der Waals surface area contributed by atoms with Crippen LogP contribution in [0.5, 0.6) is 34.5 Å². The van der Waals surface area contributed by atoms with Gasteiger partial charge in [-0.2, -0.15) is 29.9 Å². The van der Waals surface area contributed by atoms with E-state index in [9.17, 15) is 0 Å². The fourth-order valence-corrected chi connectivity index (χ4v) is 9.74. The molecule has 17 nitrogen and oxygen atoms in total. The Kier molecular flexibility index (Phi) is 43.3. The van der Waals surface area contributed by atoms with Crippen molar-refractivity contribution in [1.82, 2.24) is 20.4 Å². The van der Waals surface area contributed by atoms with Gasteiger partial charge in [0.15, 0.2) is 12.4 Å².